The average Bonchev–Trinajstić information content (AvgIpc) is 2.03. The maximum absolute atomic E-state index is 12.6. The summed E-state index contributed by atoms with van der Waals surface area (Å²) in [5, 5.41) is 0. The lowest BCUT2D eigenvalue weighted by molar-refractivity contribution is 0.328. The molecule has 1 atom stereocenters. The van der Waals surface area contributed by atoms with Gasteiger partial charge in [0.2, 0.25) is 0 Å². The zero-order chi connectivity index (χ0) is 9.90. The summed E-state index contributed by atoms with van der Waals surface area (Å²) in [4.78, 5) is 0. The van der Waals surface area contributed by atoms with Gasteiger partial charge in [0.1, 0.15) is 11.6 Å². The van der Waals surface area contributed by atoms with Crippen molar-refractivity contribution in [2.75, 3.05) is 13.8 Å². The highest BCUT2D eigenvalue weighted by Crippen LogP contribution is 2.43. The SMILES string of the molecule is COP(C)(=O)Oc1cccc(F)c1. The Morgan fingerprint density at radius 2 is 2.15 bits per heavy atom. The smallest absolute Gasteiger partial charge is 0.375 e. The summed E-state index contributed by atoms with van der Waals surface area (Å²) >= 11 is 0. The summed E-state index contributed by atoms with van der Waals surface area (Å²) in [7, 11) is -1.80. The topological polar surface area (TPSA) is 35.5 Å². The zero-order valence-electron chi connectivity index (χ0n) is 7.36. The highest BCUT2D eigenvalue weighted by atomic mass is 31.2. The van der Waals surface area contributed by atoms with Crippen LogP contribution in [0.4, 0.5) is 4.39 Å². The summed E-state index contributed by atoms with van der Waals surface area (Å²) in [6, 6.07) is 5.41. The fraction of sp³-hybridized carbons (Fsp3) is 0.250. The van der Waals surface area contributed by atoms with E-state index in [1.807, 2.05) is 0 Å². The fourth-order valence-electron chi connectivity index (χ4n) is 0.753. The first-order valence-corrected chi connectivity index (χ1v) is 5.61. The van der Waals surface area contributed by atoms with Crippen LogP contribution in [-0.2, 0) is 9.09 Å². The summed E-state index contributed by atoms with van der Waals surface area (Å²) in [6.07, 6.45) is 0. The molecule has 0 N–H and O–H groups in total. The lowest BCUT2D eigenvalue weighted by Gasteiger charge is -2.11. The second kappa shape index (κ2) is 3.90. The van der Waals surface area contributed by atoms with Crippen LogP contribution in [0, 0.1) is 5.82 Å². The fourth-order valence-corrected chi connectivity index (χ4v) is 1.32. The number of hydrogen-bond donors (Lipinski definition) is 0. The molecule has 0 fully saturated rings. The predicted molar refractivity (Wildman–Crippen MR) is 47.6 cm³/mol. The van der Waals surface area contributed by atoms with Crippen LogP contribution < -0.4 is 4.52 Å². The van der Waals surface area contributed by atoms with Crippen LogP contribution in [0.3, 0.4) is 0 Å². The molecule has 0 aliphatic rings. The molecule has 1 rings (SSSR count). The van der Waals surface area contributed by atoms with Gasteiger partial charge in [0.05, 0.1) is 0 Å². The van der Waals surface area contributed by atoms with Gasteiger partial charge in [-0.2, -0.15) is 0 Å². The Labute approximate surface area is 76.0 Å². The van der Waals surface area contributed by atoms with Gasteiger partial charge >= 0.3 is 7.60 Å². The summed E-state index contributed by atoms with van der Waals surface area (Å²) in [6.45, 7) is 1.32. The third-order valence-corrected chi connectivity index (χ3v) is 2.60. The zero-order valence-corrected chi connectivity index (χ0v) is 8.25. The second-order valence-corrected chi connectivity index (χ2v) is 4.59. The number of hydrogen-bond acceptors (Lipinski definition) is 3. The van der Waals surface area contributed by atoms with Crippen molar-refractivity contribution in [1.82, 2.24) is 0 Å². The molecule has 72 valence electrons. The van der Waals surface area contributed by atoms with Gasteiger partial charge in [0, 0.05) is 19.8 Å². The molecule has 1 unspecified atom stereocenters. The van der Waals surface area contributed by atoms with Gasteiger partial charge in [0.15, 0.2) is 0 Å². The normalized spacial score (nSPS) is 15.0. The van der Waals surface area contributed by atoms with Crippen LogP contribution in [0.2, 0.25) is 0 Å². The minimum absolute atomic E-state index is 0.202. The Bertz CT molecular complexity index is 340. The van der Waals surface area contributed by atoms with Crippen molar-refractivity contribution in [2.24, 2.45) is 0 Å². The van der Waals surface area contributed by atoms with Crippen molar-refractivity contribution in [1.29, 1.82) is 0 Å². The molecular weight excluding hydrogens is 194 g/mol. The van der Waals surface area contributed by atoms with E-state index in [9.17, 15) is 8.96 Å². The van der Waals surface area contributed by atoms with E-state index >= 15 is 0 Å². The van der Waals surface area contributed by atoms with Crippen LogP contribution in [-0.4, -0.2) is 13.8 Å². The largest absolute Gasteiger partial charge is 0.424 e. The maximum atomic E-state index is 12.6. The second-order valence-electron chi connectivity index (χ2n) is 2.50. The van der Waals surface area contributed by atoms with Crippen LogP contribution >= 0.6 is 7.60 Å². The molecule has 0 spiro atoms. The number of rotatable bonds is 3. The van der Waals surface area contributed by atoms with Crippen LogP contribution in [0.5, 0.6) is 5.75 Å². The molecule has 0 saturated heterocycles. The van der Waals surface area contributed by atoms with Crippen molar-refractivity contribution in [3.05, 3.63) is 30.1 Å². The summed E-state index contributed by atoms with van der Waals surface area (Å²) in [5.41, 5.74) is 0. The molecular formula is C8H10FO3P. The number of benzene rings is 1. The quantitative estimate of drug-likeness (QED) is 0.710. The van der Waals surface area contributed by atoms with Gasteiger partial charge in [-0.15, -0.1) is 0 Å². The van der Waals surface area contributed by atoms with Gasteiger partial charge in [-0.1, -0.05) is 6.07 Å². The van der Waals surface area contributed by atoms with Gasteiger partial charge in [-0.25, -0.2) is 8.96 Å². The first kappa shape index (κ1) is 10.2. The lowest BCUT2D eigenvalue weighted by Crippen LogP contribution is -1.93. The Morgan fingerprint density at radius 1 is 1.46 bits per heavy atom. The molecule has 5 heteroatoms. The molecule has 0 bridgehead atoms. The van der Waals surface area contributed by atoms with Gasteiger partial charge in [0.25, 0.3) is 0 Å². The van der Waals surface area contributed by atoms with E-state index in [2.05, 4.69) is 4.52 Å². The molecule has 0 aromatic heterocycles. The number of halogens is 1. The Morgan fingerprint density at radius 3 is 2.69 bits per heavy atom. The van der Waals surface area contributed by atoms with Crippen molar-refractivity contribution in [3.63, 3.8) is 0 Å². The Hall–Kier alpha value is -0.860. The van der Waals surface area contributed by atoms with E-state index in [0.29, 0.717) is 0 Å². The molecule has 0 saturated carbocycles. The van der Waals surface area contributed by atoms with E-state index in [1.54, 1.807) is 0 Å². The minimum Gasteiger partial charge on any atom is -0.424 e. The van der Waals surface area contributed by atoms with Crippen LogP contribution in [0.15, 0.2) is 24.3 Å². The van der Waals surface area contributed by atoms with Crippen LogP contribution in [0.25, 0.3) is 0 Å². The van der Waals surface area contributed by atoms with E-state index < -0.39 is 13.4 Å². The molecule has 0 aliphatic carbocycles. The van der Waals surface area contributed by atoms with E-state index in [0.717, 1.165) is 6.07 Å². The monoisotopic (exact) mass is 204 g/mol. The summed E-state index contributed by atoms with van der Waals surface area (Å²) in [5.74, 6) is -0.235. The molecule has 0 heterocycles. The first-order chi connectivity index (χ1) is 6.03. The molecule has 0 radical (unpaired) electrons. The van der Waals surface area contributed by atoms with E-state index in [4.69, 9.17) is 4.52 Å². The predicted octanol–water partition coefficient (Wildman–Crippen LogP) is 2.67. The van der Waals surface area contributed by atoms with Gasteiger partial charge in [-0.05, 0) is 12.1 Å². The van der Waals surface area contributed by atoms with Gasteiger partial charge < -0.3 is 9.05 Å². The van der Waals surface area contributed by atoms with Crippen LogP contribution in [0.1, 0.15) is 0 Å². The van der Waals surface area contributed by atoms with E-state index in [-0.39, 0.29) is 5.75 Å². The highest BCUT2D eigenvalue weighted by molar-refractivity contribution is 7.53. The third-order valence-electron chi connectivity index (χ3n) is 1.40. The van der Waals surface area contributed by atoms with Crippen molar-refractivity contribution in [3.8, 4) is 5.75 Å². The lowest BCUT2D eigenvalue weighted by atomic mass is 10.3. The highest BCUT2D eigenvalue weighted by Gasteiger charge is 2.15. The van der Waals surface area contributed by atoms with Gasteiger partial charge in [-0.3, -0.25) is 0 Å². The average molecular weight is 204 g/mol. The third kappa shape index (κ3) is 3.17. The molecule has 1 aromatic rings. The molecule has 1 aromatic carbocycles. The first-order valence-electron chi connectivity index (χ1n) is 3.62. The molecule has 13 heavy (non-hydrogen) atoms. The van der Waals surface area contributed by atoms with Crippen molar-refractivity contribution >= 4 is 7.60 Å². The molecule has 3 nitrogen and oxygen atoms in total. The minimum atomic E-state index is -3.08. The molecule has 0 aliphatic heterocycles. The standard InChI is InChI=1S/C8H10FO3P/c1-11-13(2,10)12-8-5-3-4-7(9)6-8/h3-6H,1-2H3. The Balaban J connectivity index is 2.81. The molecule has 0 amide bonds. The summed E-state index contributed by atoms with van der Waals surface area (Å²) < 4.78 is 33.4. The Kier molecular flexibility index (Phi) is 3.07. The van der Waals surface area contributed by atoms with Crippen molar-refractivity contribution < 1.29 is 18.0 Å². The van der Waals surface area contributed by atoms with E-state index in [1.165, 1.54) is 32.0 Å². The maximum Gasteiger partial charge on any atom is 0.375 e. The van der Waals surface area contributed by atoms with Crippen molar-refractivity contribution in [2.45, 2.75) is 0 Å².